The maximum absolute atomic E-state index is 12.4. The van der Waals surface area contributed by atoms with Gasteiger partial charge in [0.2, 0.25) is 0 Å². The Labute approximate surface area is 123 Å². The first-order chi connectivity index (χ1) is 9.95. The average Bonchev–Trinajstić information content (AvgIpc) is 2.44. The SMILES string of the molecule is COC(C(=O)N1CC(C)(OCC(=O)O)C1)c1ccccc1. The fraction of sp³-hybridized carbons (Fsp3) is 0.467. The van der Waals surface area contributed by atoms with Gasteiger partial charge in [0.1, 0.15) is 12.2 Å². The summed E-state index contributed by atoms with van der Waals surface area (Å²) in [5.41, 5.74) is 0.202. The highest BCUT2D eigenvalue weighted by Crippen LogP contribution is 2.29. The molecule has 1 aromatic carbocycles. The van der Waals surface area contributed by atoms with E-state index in [0.29, 0.717) is 13.1 Å². The van der Waals surface area contributed by atoms with Gasteiger partial charge in [0.25, 0.3) is 5.91 Å². The highest BCUT2D eigenvalue weighted by atomic mass is 16.5. The molecular weight excluding hydrogens is 274 g/mol. The number of carboxylic acid groups (broad SMARTS) is 1. The summed E-state index contributed by atoms with van der Waals surface area (Å²) in [6.07, 6.45) is -0.643. The Bertz CT molecular complexity index is 510. The molecule has 6 nitrogen and oxygen atoms in total. The summed E-state index contributed by atoms with van der Waals surface area (Å²) in [6, 6.07) is 9.26. The Kier molecular flexibility index (Phi) is 4.59. The molecule has 0 aromatic heterocycles. The number of likely N-dealkylation sites (tertiary alicyclic amines) is 1. The molecule has 1 saturated heterocycles. The fourth-order valence-corrected chi connectivity index (χ4v) is 2.42. The van der Waals surface area contributed by atoms with Crippen molar-refractivity contribution in [2.75, 3.05) is 26.8 Å². The zero-order valence-electron chi connectivity index (χ0n) is 12.1. The van der Waals surface area contributed by atoms with Crippen LogP contribution in [-0.2, 0) is 19.1 Å². The number of amides is 1. The number of hydrogen-bond acceptors (Lipinski definition) is 4. The van der Waals surface area contributed by atoms with Gasteiger partial charge in [0, 0.05) is 7.11 Å². The average molecular weight is 293 g/mol. The predicted octanol–water partition coefficient (Wildman–Crippen LogP) is 1.08. The van der Waals surface area contributed by atoms with Crippen LogP contribution >= 0.6 is 0 Å². The van der Waals surface area contributed by atoms with E-state index in [1.54, 1.807) is 11.8 Å². The van der Waals surface area contributed by atoms with Crippen molar-refractivity contribution in [2.45, 2.75) is 18.6 Å². The van der Waals surface area contributed by atoms with Gasteiger partial charge in [-0.05, 0) is 12.5 Å². The minimum atomic E-state index is -1.01. The first-order valence-corrected chi connectivity index (χ1v) is 6.67. The normalized spacial score (nSPS) is 17.9. The van der Waals surface area contributed by atoms with E-state index < -0.39 is 17.7 Å². The molecular formula is C15H19NO5. The number of rotatable bonds is 6. The predicted molar refractivity (Wildman–Crippen MR) is 74.8 cm³/mol. The second-order valence-electron chi connectivity index (χ2n) is 5.35. The van der Waals surface area contributed by atoms with Crippen LogP contribution in [0, 0.1) is 0 Å². The second-order valence-corrected chi connectivity index (χ2v) is 5.35. The van der Waals surface area contributed by atoms with Crippen molar-refractivity contribution in [3.05, 3.63) is 35.9 Å². The summed E-state index contributed by atoms with van der Waals surface area (Å²) in [4.78, 5) is 24.5. The molecule has 1 aliphatic heterocycles. The topological polar surface area (TPSA) is 76.1 Å². The van der Waals surface area contributed by atoms with E-state index in [2.05, 4.69) is 0 Å². The van der Waals surface area contributed by atoms with Gasteiger partial charge in [-0.2, -0.15) is 0 Å². The van der Waals surface area contributed by atoms with Crippen molar-refractivity contribution < 1.29 is 24.2 Å². The van der Waals surface area contributed by atoms with Crippen LogP contribution in [0.25, 0.3) is 0 Å². The maximum atomic E-state index is 12.4. The number of carboxylic acids is 1. The van der Waals surface area contributed by atoms with Crippen LogP contribution in [0.5, 0.6) is 0 Å². The molecule has 1 unspecified atom stereocenters. The molecule has 1 aromatic rings. The first kappa shape index (κ1) is 15.5. The molecule has 0 spiro atoms. The molecule has 114 valence electrons. The van der Waals surface area contributed by atoms with Gasteiger partial charge in [0.05, 0.1) is 13.1 Å². The van der Waals surface area contributed by atoms with Crippen LogP contribution in [0.1, 0.15) is 18.6 Å². The Hall–Kier alpha value is -1.92. The Morgan fingerprint density at radius 3 is 2.48 bits per heavy atom. The molecule has 0 radical (unpaired) electrons. The zero-order chi connectivity index (χ0) is 15.5. The van der Waals surface area contributed by atoms with Crippen LogP contribution in [0.3, 0.4) is 0 Å². The van der Waals surface area contributed by atoms with Crippen molar-refractivity contribution >= 4 is 11.9 Å². The Morgan fingerprint density at radius 1 is 1.33 bits per heavy atom. The monoisotopic (exact) mass is 293 g/mol. The molecule has 0 aliphatic carbocycles. The molecule has 2 rings (SSSR count). The van der Waals surface area contributed by atoms with E-state index in [0.717, 1.165) is 5.56 Å². The van der Waals surface area contributed by atoms with Crippen molar-refractivity contribution in [3.63, 3.8) is 0 Å². The number of aliphatic carboxylic acids is 1. The third-order valence-electron chi connectivity index (χ3n) is 3.47. The van der Waals surface area contributed by atoms with Crippen molar-refractivity contribution in [1.29, 1.82) is 0 Å². The van der Waals surface area contributed by atoms with Crippen LogP contribution in [-0.4, -0.2) is 54.3 Å². The van der Waals surface area contributed by atoms with Gasteiger partial charge in [-0.1, -0.05) is 30.3 Å². The summed E-state index contributed by atoms with van der Waals surface area (Å²) in [6.45, 7) is 2.17. The molecule has 1 atom stereocenters. The van der Waals surface area contributed by atoms with Crippen LogP contribution in [0.15, 0.2) is 30.3 Å². The lowest BCUT2D eigenvalue weighted by Crippen LogP contribution is -2.64. The van der Waals surface area contributed by atoms with E-state index in [1.807, 2.05) is 30.3 Å². The lowest BCUT2D eigenvalue weighted by atomic mass is 9.94. The van der Waals surface area contributed by atoms with E-state index in [-0.39, 0.29) is 12.5 Å². The zero-order valence-corrected chi connectivity index (χ0v) is 12.1. The van der Waals surface area contributed by atoms with Crippen LogP contribution in [0.2, 0.25) is 0 Å². The van der Waals surface area contributed by atoms with E-state index >= 15 is 0 Å². The lowest BCUT2D eigenvalue weighted by molar-refractivity contribution is -0.179. The molecule has 0 bridgehead atoms. The highest BCUT2D eigenvalue weighted by Gasteiger charge is 2.44. The molecule has 1 heterocycles. The first-order valence-electron chi connectivity index (χ1n) is 6.67. The molecule has 21 heavy (non-hydrogen) atoms. The molecule has 1 N–H and O–H groups in total. The highest BCUT2D eigenvalue weighted by molar-refractivity contribution is 5.83. The third-order valence-corrected chi connectivity index (χ3v) is 3.47. The third kappa shape index (κ3) is 3.59. The number of carbonyl (C=O) groups is 2. The number of benzene rings is 1. The molecule has 0 saturated carbocycles. The number of hydrogen-bond donors (Lipinski definition) is 1. The van der Waals surface area contributed by atoms with Gasteiger partial charge < -0.3 is 19.5 Å². The number of ether oxygens (including phenoxy) is 2. The van der Waals surface area contributed by atoms with Gasteiger partial charge in [-0.25, -0.2) is 4.79 Å². The van der Waals surface area contributed by atoms with Gasteiger partial charge in [-0.15, -0.1) is 0 Å². The number of nitrogens with zero attached hydrogens (tertiary/aromatic N) is 1. The van der Waals surface area contributed by atoms with Gasteiger partial charge in [0.15, 0.2) is 6.10 Å². The summed E-state index contributed by atoms with van der Waals surface area (Å²) < 4.78 is 10.6. The van der Waals surface area contributed by atoms with E-state index in [1.165, 1.54) is 7.11 Å². The van der Waals surface area contributed by atoms with Crippen LogP contribution < -0.4 is 0 Å². The molecule has 1 fully saturated rings. The largest absolute Gasteiger partial charge is 0.480 e. The van der Waals surface area contributed by atoms with Crippen molar-refractivity contribution in [2.24, 2.45) is 0 Å². The number of carbonyl (C=O) groups excluding carboxylic acids is 1. The Balaban J connectivity index is 1.94. The lowest BCUT2D eigenvalue weighted by Gasteiger charge is -2.48. The minimum absolute atomic E-state index is 0.139. The Morgan fingerprint density at radius 2 is 1.95 bits per heavy atom. The quantitative estimate of drug-likeness (QED) is 0.849. The smallest absolute Gasteiger partial charge is 0.329 e. The number of methoxy groups -OCH3 is 1. The summed E-state index contributed by atoms with van der Waals surface area (Å²) in [5.74, 6) is -1.15. The second kappa shape index (κ2) is 6.24. The standard InChI is InChI=1S/C15H19NO5/c1-15(21-8-12(17)18)9-16(10-15)14(19)13(20-2)11-6-4-3-5-7-11/h3-7,13H,8-10H2,1-2H3,(H,17,18). The molecule has 6 heteroatoms. The van der Waals surface area contributed by atoms with Crippen molar-refractivity contribution in [1.82, 2.24) is 4.90 Å². The summed E-state index contributed by atoms with van der Waals surface area (Å²) in [7, 11) is 1.50. The maximum Gasteiger partial charge on any atom is 0.329 e. The van der Waals surface area contributed by atoms with Gasteiger partial charge >= 0.3 is 5.97 Å². The molecule has 1 aliphatic rings. The van der Waals surface area contributed by atoms with E-state index in [4.69, 9.17) is 14.6 Å². The fourth-order valence-electron chi connectivity index (χ4n) is 2.42. The van der Waals surface area contributed by atoms with E-state index in [9.17, 15) is 9.59 Å². The van der Waals surface area contributed by atoms with Crippen LogP contribution in [0.4, 0.5) is 0 Å². The molecule has 1 amide bonds. The van der Waals surface area contributed by atoms with Crippen molar-refractivity contribution in [3.8, 4) is 0 Å². The minimum Gasteiger partial charge on any atom is -0.480 e. The van der Waals surface area contributed by atoms with Gasteiger partial charge in [-0.3, -0.25) is 4.79 Å². The summed E-state index contributed by atoms with van der Waals surface area (Å²) in [5, 5.41) is 8.62. The summed E-state index contributed by atoms with van der Waals surface area (Å²) >= 11 is 0.